The maximum atomic E-state index is 5.12. The first-order chi connectivity index (χ1) is 8.34. The summed E-state index contributed by atoms with van der Waals surface area (Å²) in [7, 11) is 0. The van der Waals surface area contributed by atoms with Crippen LogP contribution in [0.2, 0.25) is 0 Å². The van der Waals surface area contributed by atoms with Crippen LogP contribution in [0.25, 0.3) is 0 Å². The van der Waals surface area contributed by atoms with Gasteiger partial charge < -0.3 is 10.6 Å². The Kier molecular flexibility index (Phi) is 3.93. The van der Waals surface area contributed by atoms with Crippen LogP contribution in [0.3, 0.4) is 0 Å². The Bertz CT molecular complexity index is 474. The average molecular weight is 245 g/mol. The summed E-state index contributed by atoms with van der Waals surface area (Å²) in [5.41, 5.74) is 1.11. The lowest BCUT2D eigenvalue weighted by molar-refractivity contribution is 0.919. The van der Waals surface area contributed by atoms with E-state index in [9.17, 15) is 0 Å². The molecule has 6 heteroatoms. The molecule has 0 amide bonds. The van der Waals surface area contributed by atoms with Crippen molar-refractivity contribution in [3.63, 3.8) is 0 Å². The van der Waals surface area contributed by atoms with Crippen molar-refractivity contribution < 1.29 is 0 Å². The molecule has 0 atom stereocenters. The molecule has 0 fully saturated rings. The molecule has 0 aliphatic rings. The Morgan fingerprint density at radius 1 is 1.12 bits per heavy atom. The molecule has 0 aliphatic carbocycles. The minimum Gasteiger partial charge on any atom is -0.358 e. The molecular weight excluding hydrogens is 234 g/mol. The SMILES string of the molecule is S=C(NCc1ccncc1)Nc1ncccn1. The van der Waals surface area contributed by atoms with Crippen molar-refractivity contribution in [2.45, 2.75) is 6.54 Å². The molecule has 2 aromatic heterocycles. The third-order valence-corrected chi connectivity index (χ3v) is 2.24. The Morgan fingerprint density at radius 2 is 1.82 bits per heavy atom. The lowest BCUT2D eigenvalue weighted by Gasteiger charge is -2.08. The first kappa shape index (κ1) is 11.4. The highest BCUT2D eigenvalue weighted by molar-refractivity contribution is 7.80. The van der Waals surface area contributed by atoms with E-state index in [1.165, 1.54) is 0 Å². The van der Waals surface area contributed by atoms with Gasteiger partial charge in [0.15, 0.2) is 5.11 Å². The lowest BCUT2D eigenvalue weighted by atomic mass is 10.3. The molecular formula is C11H11N5S. The minimum absolute atomic E-state index is 0.486. The number of hydrogen-bond acceptors (Lipinski definition) is 4. The van der Waals surface area contributed by atoms with Crippen LogP contribution in [0.4, 0.5) is 5.95 Å². The van der Waals surface area contributed by atoms with Crippen LogP contribution in [-0.2, 0) is 6.54 Å². The molecule has 0 unspecified atom stereocenters. The van der Waals surface area contributed by atoms with Gasteiger partial charge in [-0.3, -0.25) is 4.98 Å². The molecule has 0 radical (unpaired) electrons. The summed E-state index contributed by atoms with van der Waals surface area (Å²) in [6.07, 6.45) is 6.79. The Morgan fingerprint density at radius 3 is 2.53 bits per heavy atom. The van der Waals surface area contributed by atoms with Crippen LogP contribution in [0, 0.1) is 0 Å². The molecule has 17 heavy (non-hydrogen) atoms. The zero-order chi connectivity index (χ0) is 11.9. The summed E-state index contributed by atoms with van der Waals surface area (Å²) in [5, 5.41) is 6.45. The molecule has 86 valence electrons. The Labute approximate surface area is 104 Å². The number of thiocarbonyl (C=S) groups is 1. The van der Waals surface area contributed by atoms with E-state index in [4.69, 9.17) is 12.2 Å². The third-order valence-electron chi connectivity index (χ3n) is 1.99. The van der Waals surface area contributed by atoms with Gasteiger partial charge in [-0.1, -0.05) is 0 Å². The van der Waals surface area contributed by atoms with Gasteiger partial charge in [-0.15, -0.1) is 0 Å². The van der Waals surface area contributed by atoms with Gasteiger partial charge in [-0.25, -0.2) is 9.97 Å². The molecule has 0 aromatic carbocycles. The predicted molar refractivity (Wildman–Crippen MR) is 69.3 cm³/mol. The van der Waals surface area contributed by atoms with Crippen LogP contribution < -0.4 is 10.6 Å². The summed E-state index contributed by atoms with van der Waals surface area (Å²) < 4.78 is 0. The van der Waals surface area contributed by atoms with Crippen LogP contribution in [0.15, 0.2) is 43.0 Å². The molecule has 0 saturated carbocycles. The highest BCUT2D eigenvalue weighted by atomic mass is 32.1. The van der Waals surface area contributed by atoms with E-state index in [0.717, 1.165) is 5.56 Å². The number of hydrogen-bond donors (Lipinski definition) is 2. The monoisotopic (exact) mass is 245 g/mol. The minimum atomic E-state index is 0.486. The fourth-order valence-electron chi connectivity index (χ4n) is 1.19. The van der Waals surface area contributed by atoms with E-state index in [2.05, 4.69) is 25.6 Å². The molecule has 2 rings (SSSR count). The number of nitrogens with one attached hydrogen (secondary N) is 2. The summed E-state index contributed by atoms with van der Waals surface area (Å²) >= 11 is 5.12. The van der Waals surface area contributed by atoms with Gasteiger partial charge in [0, 0.05) is 31.3 Å². The van der Waals surface area contributed by atoms with Gasteiger partial charge >= 0.3 is 0 Å². The highest BCUT2D eigenvalue weighted by Crippen LogP contribution is 1.97. The van der Waals surface area contributed by atoms with Gasteiger partial charge in [-0.05, 0) is 36.0 Å². The number of aromatic nitrogens is 3. The van der Waals surface area contributed by atoms with Crippen molar-refractivity contribution in [3.05, 3.63) is 48.5 Å². The van der Waals surface area contributed by atoms with Crippen LogP contribution >= 0.6 is 12.2 Å². The van der Waals surface area contributed by atoms with Gasteiger partial charge in [0.25, 0.3) is 0 Å². The molecule has 0 saturated heterocycles. The third kappa shape index (κ3) is 3.76. The van der Waals surface area contributed by atoms with Gasteiger partial charge in [0.1, 0.15) is 0 Å². The zero-order valence-electron chi connectivity index (χ0n) is 9.00. The topological polar surface area (TPSA) is 62.7 Å². The van der Waals surface area contributed by atoms with Crippen molar-refractivity contribution >= 4 is 23.3 Å². The second-order valence-corrected chi connectivity index (χ2v) is 3.64. The molecule has 2 N–H and O–H groups in total. The lowest BCUT2D eigenvalue weighted by Crippen LogP contribution is -2.28. The molecule has 0 bridgehead atoms. The largest absolute Gasteiger partial charge is 0.358 e. The maximum absolute atomic E-state index is 5.12. The van der Waals surface area contributed by atoms with Crippen molar-refractivity contribution in [3.8, 4) is 0 Å². The average Bonchev–Trinajstić information content (AvgIpc) is 2.39. The normalized spacial score (nSPS) is 9.65. The molecule has 2 aromatic rings. The van der Waals surface area contributed by atoms with E-state index >= 15 is 0 Å². The van der Waals surface area contributed by atoms with Crippen LogP contribution in [-0.4, -0.2) is 20.1 Å². The smallest absolute Gasteiger partial charge is 0.228 e. The standard InChI is InChI=1S/C11H11N5S/c17-11(16-10-13-4-1-5-14-10)15-8-9-2-6-12-7-3-9/h1-7H,8H2,(H2,13,14,15,16,17). The van der Waals surface area contributed by atoms with E-state index in [-0.39, 0.29) is 0 Å². The number of anilines is 1. The van der Waals surface area contributed by atoms with Gasteiger partial charge in [-0.2, -0.15) is 0 Å². The second-order valence-electron chi connectivity index (χ2n) is 3.24. The van der Waals surface area contributed by atoms with Gasteiger partial charge in [0.05, 0.1) is 0 Å². The fraction of sp³-hybridized carbons (Fsp3) is 0.0909. The molecule has 5 nitrogen and oxygen atoms in total. The Balaban J connectivity index is 1.83. The van der Waals surface area contributed by atoms with Crippen LogP contribution in [0.5, 0.6) is 0 Å². The van der Waals surface area contributed by atoms with Crippen LogP contribution in [0.1, 0.15) is 5.56 Å². The van der Waals surface area contributed by atoms with E-state index in [0.29, 0.717) is 17.6 Å². The molecule has 0 spiro atoms. The summed E-state index contributed by atoms with van der Waals surface area (Å²) in [4.78, 5) is 12.0. The van der Waals surface area contributed by atoms with Crippen molar-refractivity contribution in [1.29, 1.82) is 0 Å². The number of pyridine rings is 1. The fourth-order valence-corrected chi connectivity index (χ4v) is 1.36. The van der Waals surface area contributed by atoms with E-state index in [1.54, 1.807) is 30.9 Å². The van der Waals surface area contributed by atoms with E-state index < -0.39 is 0 Å². The predicted octanol–water partition coefficient (Wildman–Crippen LogP) is 1.36. The molecule has 0 aliphatic heterocycles. The first-order valence-electron chi connectivity index (χ1n) is 5.05. The number of nitrogens with zero attached hydrogens (tertiary/aromatic N) is 3. The maximum Gasteiger partial charge on any atom is 0.228 e. The quantitative estimate of drug-likeness (QED) is 0.796. The molecule has 2 heterocycles. The summed E-state index contributed by atoms with van der Waals surface area (Å²) in [6.45, 7) is 0.640. The van der Waals surface area contributed by atoms with Crippen molar-refractivity contribution in [2.24, 2.45) is 0 Å². The van der Waals surface area contributed by atoms with Crippen molar-refractivity contribution in [2.75, 3.05) is 5.32 Å². The second kappa shape index (κ2) is 5.86. The summed E-state index contributed by atoms with van der Waals surface area (Å²) in [6, 6.07) is 5.60. The summed E-state index contributed by atoms with van der Waals surface area (Å²) in [5.74, 6) is 0.486. The Hall–Kier alpha value is -2.08. The van der Waals surface area contributed by atoms with Gasteiger partial charge in [0.2, 0.25) is 5.95 Å². The highest BCUT2D eigenvalue weighted by Gasteiger charge is 1.98. The number of rotatable bonds is 3. The van der Waals surface area contributed by atoms with E-state index in [1.807, 2.05) is 12.1 Å². The first-order valence-corrected chi connectivity index (χ1v) is 5.46. The zero-order valence-corrected chi connectivity index (χ0v) is 9.81. The van der Waals surface area contributed by atoms with Crippen molar-refractivity contribution in [1.82, 2.24) is 20.3 Å².